The molecule has 14 heteroatoms. The lowest BCUT2D eigenvalue weighted by Gasteiger charge is -2.29. The minimum Gasteiger partial charge on any atom is -0.494 e. The lowest BCUT2D eigenvalue weighted by atomic mass is 9.99. The standard InChI is InChI=1S/C23H26FN7O5S/c1-13-9-10-18(36-13)20-28-29-22(31(20)19-16(34-4)7-6-8-17(19)35-5)30-37(32,33)14(2)23(3,25)21-26-11-15(24)12-27-21/h6-12,14H,25H2,1-5H3,(H,29,30)/t14-,23-/m0/s1. The number of aryl methyl sites for hydroxylation is 1. The predicted molar refractivity (Wildman–Crippen MR) is 132 cm³/mol. The molecule has 3 aromatic heterocycles. The van der Waals surface area contributed by atoms with Crippen molar-refractivity contribution in [2.24, 2.45) is 5.73 Å². The van der Waals surface area contributed by atoms with Gasteiger partial charge in [0.25, 0.3) is 0 Å². The number of hydrogen-bond donors (Lipinski definition) is 2. The van der Waals surface area contributed by atoms with Gasteiger partial charge in [-0.15, -0.1) is 10.2 Å². The van der Waals surface area contributed by atoms with Gasteiger partial charge in [-0.25, -0.2) is 22.8 Å². The van der Waals surface area contributed by atoms with Gasteiger partial charge in [0.15, 0.2) is 11.6 Å². The van der Waals surface area contributed by atoms with Gasteiger partial charge in [0.05, 0.1) is 32.2 Å². The van der Waals surface area contributed by atoms with Crippen LogP contribution in [0.4, 0.5) is 10.3 Å². The monoisotopic (exact) mass is 531 g/mol. The fraction of sp³-hybridized carbons (Fsp3) is 0.304. The Morgan fingerprint density at radius 2 is 1.73 bits per heavy atom. The average molecular weight is 532 g/mol. The largest absolute Gasteiger partial charge is 0.494 e. The third-order valence-corrected chi connectivity index (χ3v) is 7.78. The summed E-state index contributed by atoms with van der Waals surface area (Å²) < 4.78 is 61.1. The Morgan fingerprint density at radius 3 is 2.27 bits per heavy atom. The summed E-state index contributed by atoms with van der Waals surface area (Å²) in [6.45, 7) is 4.59. The number of ether oxygens (including phenoxy) is 2. The molecule has 0 spiro atoms. The van der Waals surface area contributed by atoms with Crippen molar-refractivity contribution in [1.29, 1.82) is 0 Å². The van der Waals surface area contributed by atoms with Crippen LogP contribution in [0, 0.1) is 12.7 Å². The van der Waals surface area contributed by atoms with Crippen molar-refractivity contribution in [1.82, 2.24) is 24.7 Å². The summed E-state index contributed by atoms with van der Waals surface area (Å²) in [5, 5.41) is 6.99. The zero-order valence-electron chi connectivity index (χ0n) is 20.8. The minimum absolute atomic E-state index is 0.0496. The number of anilines is 1. The molecule has 2 atom stereocenters. The molecular weight excluding hydrogens is 505 g/mol. The first-order valence-electron chi connectivity index (χ1n) is 11.0. The molecule has 196 valence electrons. The molecule has 12 nitrogen and oxygen atoms in total. The van der Waals surface area contributed by atoms with E-state index in [4.69, 9.17) is 19.6 Å². The Bertz CT molecular complexity index is 1490. The summed E-state index contributed by atoms with van der Waals surface area (Å²) >= 11 is 0. The quantitative estimate of drug-likeness (QED) is 0.329. The summed E-state index contributed by atoms with van der Waals surface area (Å²) in [7, 11) is -1.31. The lowest BCUT2D eigenvalue weighted by molar-refractivity contribution is 0.391. The summed E-state index contributed by atoms with van der Waals surface area (Å²) in [5.41, 5.74) is 5.09. The number of nitrogens with one attached hydrogen (secondary N) is 1. The number of benzene rings is 1. The highest BCUT2D eigenvalue weighted by molar-refractivity contribution is 7.93. The SMILES string of the molecule is COc1cccc(OC)c1-n1c(NS(=O)(=O)[C@@H](C)[C@](C)(N)c2ncc(F)cn2)nnc1-c1ccc(C)o1. The van der Waals surface area contributed by atoms with Crippen LogP contribution in [0.25, 0.3) is 17.3 Å². The summed E-state index contributed by atoms with van der Waals surface area (Å²) in [6, 6.07) is 8.50. The van der Waals surface area contributed by atoms with Crippen molar-refractivity contribution in [2.75, 3.05) is 18.9 Å². The van der Waals surface area contributed by atoms with Crippen LogP contribution < -0.4 is 19.9 Å². The highest BCUT2D eigenvalue weighted by Gasteiger charge is 2.41. The van der Waals surface area contributed by atoms with Crippen LogP contribution in [0.2, 0.25) is 0 Å². The third kappa shape index (κ3) is 4.84. The highest BCUT2D eigenvalue weighted by Crippen LogP contribution is 2.38. The highest BCUT2D eigenvalue weighted by atomic mass is 32.2. The maximum atomic E-state index is 13.5. The number of nitrogens with zero attached hydrogens (tertiary/aromatic N) is 5. The first kappa shape index (κ1) is 26.0. The van der Waals surface area contributed by atoms with Gasteiger partial charge in [-0.3, -0.25) is 9.29 Å². The van der Waals surface area contributed by atoms with Crippen LogP contribution in [0.15, 0.2) is 47.1 Å². The van der Waals surface area contributed by atoms with Crippen molar-refractivity contribution < 1.29 is 26.7 Å². The van der Waals surface area contributed by atoms with E-state index in [0.29, 0.717) is 28.7 Å². The van der Waals surface area contributed by atoms with Crippen LogP contribution >= 0.6 is 0 Å². The Morgan fingerprint density at radius 1 is 1.11 bits per heavy atom. The van der Waals surface area contributed by atoms with Crippen LogP contribution in [0.1, 0.15) is 25.4 Å². The topological polar surface area (TPSA) is 160 Å². The van der Waals surface area contributed by atoms with Gasteiger partial charge >= 0.3 is 0 Å². The first-order chi connectivity index (χ1) is 17.5. The van der Waals surface area contributed by atoms with Crippen LogP contribution in [0.3, 0.4) is 0 Å². The second kappa shape index (κ2) is 9.78. The van der Waals surface area contributed by atoms with Gasteiger partial charge in [0.2, 0.25) is 21.8 Å². The Kier molecular flexibility index (Phi) is 6.88. The predicted octanol–water partition coefficient (Wildman–Crippen LogP) is 2.79. The number of hydrogen-bond acceptors (Lipinski definition) is 10. The van der Waals surface area contributed by atoms with Gasteiger partial charge in [0.1, 0.15) is 34.0 Å². The van der Waals surface area contributed by atoms with Crippen molar-refractivity contribution in [2.45, 2.75) is 31.6 Å². The number of halogens is 1. The number of furan rings is 1. The maximum Gasteiger partial charge on any atom is 0.243 e. The number of aromatic nitrogens is 5. The second-order valence-electron chi connectivity index (χ2n) is 8.40. The van der Waals surface area contributed by atoms with E-state index < -0.39 is 26.6 Å². The molecular formula is C23H26FN7O5S. The van der Waals surface area contributed by atoms with E-state index in [0.717, 1.165) is 12.4 Å². The molecule has 0 aliphatic rings. The number of para-hydroxylation sites is 1. The molecule has 0 bridgehead atoms. The number of nitrogens with two attached hydrogens (primary N) is 1. The van der Waals surface area contributed by atoms with Crippen LogP contribution in [0.5, 0.6) is 11.5 Å². The number of rotatable bonds is 9. The molecule has 0 saturated heterocycles. The van der Waals surface area contributed by atoms with Gasteiger partial charge in [-0.05, 0) is 45.0 Å². The molecule has 1 aromatic carbocycles. The summed E-state index contributed by atoms with van der Waals surface area (Å²) in [6.07, 6.45) is 1.84. The molecule has 0 fully saturated rings. The van der Waals surface area contributed by atoms with Gasteiger partial charge in [0, 0.05) is 0 Å². The Balaban J connectivity index is 1.84. The molecule has 0 amide bonds. The molecule has 0 unspecified atom stereocenters. The van der Waals surface area contributed by atoms with Gasteiger partial charge in [-0.2, -0.15) is 0 Å². The van der Waals surface area contributed by atoms with Crippen molar-refractivity contribution in [3.8, 4) is 28.8 Å². The van der Waals surface area contributed by atoms with Crippen LogP contribution in [-0.2, 0) is 15.6 Å². The van der Waals surface area contributed by atoms with Crippen molar-refractivity contribution in [3.63, 3.8) is 0 Å². The molecule has 37 heavy (non-hydrogen) atoms. The molecule has 0 saturated carbocycles. The van der Waals surface area contributed by atoms with Gasteiger partial charge in [-0.1, -0.05) is 6.07 Å². The second-order valence-corrected chi connectivity index (χ2v) is 10.4. The smallest absolute Gasteiger partial charge is 0.243 e. The lowest BCUT2D eigenvalue weighted by Crippen LogP contribution is -2.50. The van der Waals surface area contributed by atoms with Crippen molar-refractivity contribution in [3.05, 3.63) is 60.1 Å². The minimum atomic E-state index is -4.25. The number of sulfonamides is 1. The number of methoxy groups -OCH3 is 2. The first-order valence-corrected chi connectivity index (χ1v) is 12.6. The fourth-order valence-electron chi connectivity index (χ4n) is 3.64. The van der Waals surface area contributed by atoms with E-state index in [1.165, 1.54) is 32.6 Å². The Labute approximate surface area is 212 Å². The van der Waals surface area contributed by atoms with E-state index in [1.807, 2.05) is 0 Å². The Hall–Kier alpha value is -4.04. The molecule has 0 aliphatic heterocycles. The normalized spacial score (nSPS) is 14.1. The molecule has 4 rings (SSSR count). The van der Waals surface area contributed by atoms with Gasteiger partial charge < -0.3 is 19.6 Å². The average Bonchev–Trinajstić information content (AvgIpc) is 3.48. The van der Waals surface area contributed by atoms with E-state index >= 15 is 0 Å². The molecule has 0 radical (unpaired) electrons. The van der Waals surface area contributed by atoms with E-state index in [9.17, 15) is 12.8 Å². The van der Waals surface area contributed by atoms with Crippen molar-refractivity contribution >= 4 is 16.0 Å². The summed E-state index contributed by atoms with van der Waals surface area (Å²) in [4.78, 5) is 7.73. The fourth-order valence-corrected chi connectivity index (χ4v) is 4.95. The molecule has 3 N–H and O–H groups in total. The van der Waals surface area contributed by atoms with E-state index in [-0.39, 0.29) is 17.6 Å². The molecule has 3 heterocycles. The zero-order chi connectivity index (χ0) is 27.0. The molecule has 4 aromatic rings. The third-order valence-electron chi connectivity index (χ3n) is 5.89. The summed E-state index contributed by atoms with van der Waals surface area (Å²) in [5.74, 6) is 0.971. The van der Waals surface area contributed by atoms with E-state index in [1.54, 1.807) is 37.3 Å². The van der Waals surface area contributed by atoms with E-state index in [2.05, 4.69) is 24.9 Å². The molecule has 0 aliphatic carbocycles. The zero-order valence-corrected chi connectivity index (χ0v) is 21.6. The van der Waals surface area contributed by atoms with Crippen LogP contribution in [-0.4, -0.2) is 52.6 Å². The maximum absolute atomic E-state index is 13.5.